The van der Waals surface area contributed by atoms with E-state index in [9.17, 15) is 29.8 Å². The molecule has 0 heterocycles. The predicted molar refractivity (Wildman–Crippen MR) is 112 cm³/mol. The second-order valence-electron chi connectivity index (χ2n) is 5.52. The summed E-state index contributed by atoms with van der Waals surface area (Å²) >= 11 is 0. The number of rotatable bonds is 11. The van der Waals surface area contributed by atoms with Crippen LogP contribution in [-0.2, 0) is 9.47 Å². The minimum atomic E-state index is -0.562. The Bertz CT molecular complexity index is 828. The van der Waals surface area contributed by atoms with Gasteiger partial charge in [0.05, 0.1) is 21.0 Å². The molecular formula is C18H16N2O8S2. The molecule has 0 atom stereocenters. The summed E-state index contributed by atoms with van der Waals surface area (Å²) in [4.78, 5) is 43.7. The van der Waals surface area contributed by atoms with Gasteiger partial charge in [0.15, 0.2) is 0 Å². The Kier molecular flexibility index (Phi) is 9.09. The van der Waals surface area contributed by atoms with Gasteiger partial charge in [-0.05, 0) is 24.3 Å². The third-order valence-electron chi connectivity index (χ3n) is 3.51. The molecule has 158 valence electrons. The van der Waals surface area contributed by atoms with Gasteiger partial charge in [0, 0.05) is 35.8 Å². The minimum absolute atomic E-state index is 0.104. The average molecular weight is 452 g/mol. The van der Waals surface area contributed by atoms with Crippen LogP contribution in [0.4, 0.5) is 11.4 Å². The van der Waals surface area contributed by atoms with E-state index in [1.54, 1.807) is 0 Å². The molecule has 12 heteroatoms. The normalized spacial score (nSPS) is 10.3. The maximum Gasteiger partial charge on any atom is 0.338 e. The highest BCUT2D eigenvalue weighted by molar-refractivity contribution is 8.76. The molecule has 0 aliphatic carbocycles. The number of nitrogens with zero attached hydrogens (tertiary/aromatic N) is 2. The third kappa shape index (κ3) is 7.37. The van der Waals surface area contributed by atoms with Crippen LogP contribution in [0.5, 0.6) is 0 Å². The molecule has 0 N–H and O–H groups in total. The number of esters is 2. The highest BCUT2D eigenvalue weighted by atomic mass is 33.1. The maximum absolute atomic E-state index is 11.8. The van der Waals surface area contributed by atoms with Gasteiger partial charge in [-0.1, -0.05) is 21.6 Å². The fourth-order valence-corrected chi connectivity index (χ4v) is 3.71. The van der Waals surface area contributed by atoms with Crippen molar-refractivity contribution in [2.45, 2.75) is 0 Å². The molecule has 10 nitrogen and oxygen atoms in total. The molecule has 2 aromatic rings. The molecule has 30 heavy (non-hydrogen) atoms. The van der Waals surface area contributed by atoms with E-state index in [0.717, 1.165) is 0 Å². The molecule has 0 aliphatic rings. The van der Waals surface area contributed by atoms with Gasteiger partial charge < -0.3 is 9.47 Å². The second kappa shape index (κ2) is 11.8. The SMILES string of the molecule is O=C(OCCSSCCOC(=O)c1ccc([N+](=O)[O-])cc1)c1ccc([N+](=O)[O-])cc1. The van der Waals surface area contributed by atoms with E-state index in [2.05, 4.69) is 0 Å². The molecular weight excluding hydrogens is 436 g/mol. The van der Waals surface area contributed by atoms with Crippen LogP contribution in [0.15, 0.2) is 48.5 Å². The van der Waals surface area contributed by atoms with Gasteiger partial charge in [-0.15, -0.1) is 0 Å². The van der Waals surface area contributed by atoms with Gasteiger partial charge in [-0.2, -0.15) is 0 Å². The Labute approximate surface area is 178 Å². The topological polar surface area (TPSA) is 139 Å². The van der Waals surface area contributed by atoms with Gasteiger partial charge in [0.25, 0.3) is 11.4 Å². The summed E-state index contributed by atoms with van der Waals surface area (Å²) in [6.45, 7) is 0.326. The van der Waals surface area contributed by atoms with Crippen LogP contribution in [0, 0.1) is 20.2 Å². The van der Waals surface area contributed by atoms with Crippen LogP contribution in [0.1, 0.15) is 20.7 Å². The lowest BCUT2D eigenvalue weighted by Crippen LogP contribution is -2.08. The lowest BCUT2D eigenvalue weighted by molar-refractivity contribution is -0.385. The summed E-state index contributed by atoms with van der Waals surface area (Å²) in [6.07, 6.45) is 0. The van der Waals surface area contributed by atoms with Gasteiger partial charge in [0.1, 0.15) is 13.2 Å². The van der Waals surface area contributed by atoms with E-state index in [1.807, 2.05) is 0 Å². The van der Waals surface area contributed by atoms with E-state index in [1.165, 1.54) is 70.1 Å². The van der Waals surface area contributed by atoms with E-state index < -0.39 is 21.8 Å². The van der Waals surface area contributed by atoms with E-state index in [0.29, 0.717) is 11.5 Å². The maximum atomic E-state index is 11.8. The Balaban J connectivity index is 1.56. The van der Waals surface area contributed by atoms with Gasteiger partial charge in [-0.3, -0.25) is 20.2 Å². The van der Waals surface area contributed by atoms with Gasteiger partial charge in [0.2, 0.25) is 0 Å². The van der Waals surface area contributed by atoms with Crippen molar-refractivity contribution in [2.24, 2.45) is 0 Å². The quantitative estimate of drug-likeness (QED) is 0.162. The van der Waals surface area contributed by atoms with Crippen LogP contribution >= 0.6 is 21.6 Å². The van der Waals surface area contributed by atoms with Gasteiger partial charge in [-0.25, -0.2) is 9.59 Å². The van der Waals surface area contributed by atoms with Gasteiger partial charge >= 0.3 is 11.9 Å². The first-order valence-corrected chi connectivity index (χ1v) is 10.9. The predicted octanol–water partition coefficient (Wildman–Crippen LogP) is 3.90. The number of ether oxygens (including phenoxy) is 2. The van der Waals surface area contributed by atoms with Crippen LogP contribution in [-0.4, -0.2) is 46.5 Å². The van der Waals surface area contributed by atoms with Crippen molar-refractivity contribution in [1.82, 2.24) is 0 Å². The van der Waals surface area contributed by atoms with Crippen molar-refractivity contribution in [3.63, 3.8) is 0 Å². The molecule has 0 amide bonds. The molecule has 0 unspecified atom stereocenters. The largest absolute Gasteiger partial charge is 0.461 e. The summed E-state index contributed by atoms with van der Waals surface area (Å²) in [5.41, 5.74) is 0.258. The first-order valence-electron chi connectivity index (χ1n) is 8.46. The fourth-order valence-electron chi connectivity index (χ4n) is 2.06. The number of benzene rings is 2. The zero-order valence-corrected chi connectivity index (χ0v) is 17.1. The number of carbonyl (C=O) groups is 2. The number of hydrogen-bond donors (Lipinski definition) is 0. The van der Waals surface area contributed by atoms with Crippen molar-refractivity contribution in [1.29, 1.82) is 0 Å². The van der Waals surface area contributed by atoms with Crippen LogP contribution in [0.2, 0.25) is 0 Å². The number of carbonyl (C=O) groups excluding carboxylic acids is 2. The summed E-state index contributed by atoms with van der Waals surface area (Å²) < 4.78 is 10.2. The Morgan fingerprint density at radius 1 is 0.700 bits per heavy atom. The molecule has 0 radical (unpaired) electrons. The molecule has 2 rings (SSSR count). The molecule has 0 saturated carbocycles. The molecule has 0 spiro atoms. The fraction of sp³-hybridized carbons (Fsp3) is 0.222. The molecule has 0 fully saturated rings. The smallest absolute Gasteiger partial charge is 0.338 e. The van der Waals surface area contributed by atoms with Crippen LogP contribution in [0.3, 0.4) is 0 Å². The lowest BCUT2D eigenvalue weighted by atomic mass is 10.2. The van der Waals surface area contributed by atoms with E-state index in [4.69, 9.17) is 9.47 Å². The summed E-state index contributed by atoms with van der Waals surface area (Å²) in [5, 5.41) is 21.2. The Hall–Kier alpha value is -3.12. The average Bonchev–Trinajstić information content (AvgIpc) is 2.75. The van der Waals surface area contributed by atoms with Crippen LogP contribution in [0.25, 0.3) is 0 Å². The van der Waals surface area contributed by atoms with Crippen molar-refractivity contribution in [2.75, 3.05) is 24.7 Å². The zero-order valence-electron chi connectivity index (χ0n) is 15.4. The van der Waals surface area contributed by atoms with Crippen molar-refractivity contribution >= 4 is 44.9 Å². The zero-order chi connectivity index (χ0) is 21.9. The number of nitro benzene ring substituents is 2. The summed E-state index contributed by atoms with van der Waals surface area (Å²) in [5.74, 6) is -0.0978. The third-order valence-corrected chi connectivity index (χ3v) is 5.84. The monoisotopic (exact) mass is 452 g/mol. The van der Waals surface area contributed by atoms with E-state index >= 15 is 0 Å². The first-order chi connectivity index (χ1) is 14.4. The highest BCUT2D eigenvalue weighted by Crippen LogP contribution is 2.21. The molecule has 0 saturated heterocycles. The van der Waals surface area contributed by atoms with E-state index in [-0.39, 0.29) is 35.7 Å². The number of nitro groups is 2. The number of hydrogen-bond acceptors (Lipinski definition) is 10. The standard InChI is InChI=1S/C18H16N2O8S2/c21-17(13-1-5-15(6-2-13)19(23)24)27-9-11-29-30-12-10-28-18(22)14-3-7-16(8-4-14)20(25)26/h1-8H,9-12H2. The van der Waals surface area contributed by atoms with Crippen molar-refractivity contribution < 1.29 is 28.9 Å². The van der Waals surface area contributed by atoms with Crippen molar-refractivity contribution in [3.05, 3.63) is 79.9 Å². The number of non-ortho nitro benzene ring substituents is 2. The Morgan fingerprint density at radius 3 is 1.33 bits per heavy atom. The second-order valence-corrected chi connectivity index (χ2v) is 8.23. The first kappa shape index (κ1) is 23.2. The molecule has 0 aromatic heterocycles. The van der Waals surface area contributed by atoms with Crippen LogP contribution < -0.4 is 0 Å². The Morgan fingerprint density at radius 2 is 1.03 bits per heavy atom. The summed E-state index contributed by atoms with van der Waals surface area (Å²) in [6, 6.07) is 10.3. The summed E-state index contributed by atoms with van der Waals surface area (Å²) in [7, 11) is 2.87. The lowest BCUT2D eigenvalue weighted by Gasteiger charge is -2.06. The molecule has 0 bridgehead atoms. The molecule has 2 aromatic carbocycles. The minimum Gasteiger partial charge on any atom is -0.461 e. The highest BCUT2D eigenvalue weighted by Gasteiger charge is 2.11. The van der Waals surface area contributed by atoms with Crippen molar-refractivity contribution in [3.8, 4) is 0 Å². The molecule has 0 aliphatic heterocycles.